The zero-order valence-electron chi connectivity index (χ0n) is 18.5. The van der Waals surface area contributed by atoms with E-state index in [-0.39, 0.29) is 12.2 Å². The molecule has 5 heteroatoms. The van der Waals surface area contributed by atoms with E-state index in [1.165, 1.54) is 18.2 Å². The van der Waals surface area contributed by atoms with Crippen molar-refractivity contribution in [2.24, 2.45) is 5.41 Å². The van der Waals surface area contributed by atoms with Crippen LogP contribution >= 0.6 is 0 Å². The fraction of sp³-hybridized carbons (Fsp3) is 0.138. The molecule has 0 N–H and O–H groups in total. The molecule has 0 fully saturated rings. The molecular weight excluding hydrogens is 427 g/mol. The van der Waals surface area contributed by atoms with E-state index >= 15 is 0 Å². The van der Waals surface area contributed by atoms with Crippen LogP contribution in [0.15, 0.2) is 102 Å². The molecule has 0 aromatic heterocycles. The summed E-state index contributed by atoms with van der Waals surface area (Å²) in [6.07, 6.45) is 1.58. The first kappa shape index (κ1) is 22.7. The minimum absolute atomic E-state index is 0.126. The zero-order valence-corrected chi connectivity index (χ0v) is 18.5. The van der Waals surface area contributed by atoms with Crippen LogP contribution in [0.2, 0.25) is 0 Å². The van der Waals surface area contributed by atoms with E-state index in [0.717, 1.165) is 11.1 Å². The van der Waals surface area contributed by atoms with Crippen molar-refractivity contribution in [2.45, 2.75) is 12.8 Å². The van der Waals surface area contributed by atoms with Crippen LogP contribution in [-0.2, 0) is 9.53 Å². The van der Waals surface area contributed by atoms with Crippen LogP contribution in [0.25, 0.3) is 5.57 Å². The van der Waals surface area contributed by atoms with Crippen LogP contribution in [-0.4, -0.2) is 12.6 Å². The summed E-state index contributed by atoms with van der Waals surface area (Å²) in [7, 11) is 0. The minimum Gasteiger partial charge on any atom is -0.463 e. The number of halogens is 1. The van der Waals surface area contributed by atoms with Gasteiger partial charge in [-0.25, -0.2) is 9.18 Å². The fourth-order valence-corrected chi connectivity index (χ4v) is 4.48. The predicted molar refractivity (Wildman–Crippen MR) is 126 cm³/mol. The van der Waals surface area contributed by atoms with Gasteiger partial charge in [0.15, 0.2) is 5.41 Å². The van der Waals surface area contributed by atoms with Crippen molar-refractivity contribution in [3.05, 3.63) is 125 Å². The van der Waals surface area contributed by atoms with Crippen molar-refractivity contribution in [2.75, 3.05) is 6.61 Å². The van der Waals surface area contributed by atoms with Gasteiger partial charge in [-0.2, -0.15) is 10.5 Å². The van der Waals surface area contributed by atoms with Crippen molar-refractivity contribution in [1.82, 2.24) is 0 Å². The highest BCUT2D eigenvalue weighted by Crippen LogP contribution is 2.55. The Balaban J connectivity index is 2.11. The summed E-state index contributed by atoms with van der Waals surface area (Å²) in [5.41, 5.74) is 1.34. The first-order chi connectivity index (χ1) is 16.6. The average molecular weight is 448 g/mol. The third-order valence-corrected chi connectivity index (χ3v) is 5.91. The van der Waals surface area contributed by atoms with Gasteiger partial charge in [-0.3, -0.25) is 0 Å². The lowest BCUT2D eigenvalue weighted by atomic mass is 9.69. The average Bonchev–Trinajstić information content (AvgIpc) is 3.21. The summed E-state index contributed by atoms with van der Waals surface area (Å²) in [4.78, 5) is 13.0. The van der Waals surface area contributed by atoms with Crippen molar-refractivity contribution >= 4 is 11.5 Å². The van der Waals surface area contributed by atoms with Gasteiger partial charge in [-0.1, -0.05) is 72.8 Å². The monoisotopic (exact) mass is 448 g/mol. The Bertz CT molecular complexity index is 1310. The third kappa shape index (κ3) is 3.89. The molecule has 3 aromatic carbocycles. The van der Waals surface area contributed by atoms with Crippen LogP contribution < -0.4 is 0 Å². The van der Waals surface area contributed by atoms with Gasteiger partial charge in [-0.15, -0.1) is 0 Å². The normalized spacial score (nSPS) is 16.2. The van der Waals surface area contributed by atoms with Crippen molar-refractivity contribution in [3.8, 4) is 12.1 Å². The molecule has 34 heavy (non-hydrogen) atoms. The molecule has 1 aliphatic rings. The molecule has 1 aliphatic carbocycles. The second kappa shape index (κ2) is 9.57. The van der Waals surface area contributed by atoms with Crippen molar-refractivity contribution < 1.29 is 13.9 Å². The molecule has 0 aliphatic heterocycles. The van der Waals surface area contributed by atoms with Crippen LogP contribution in [0, 0.1) is 33.9 Å². The zero-order chi connectivity index (χ0) is 24.1. The van der Waals surface area contributed by atoms with Crippen LogP contribution in [0.5, 0.6) is 0 Å². The Morgan fingerprint density at radius 3 is 2.03 bits per heavy atom. The summed E-state index contributed by atoms with van der Waals surface area (Å²) in [6.45, 7) is 1.81. The molecule has 3 aromatic rings. The van der Waals surface area contributed by atoms with E-state index in [1.54, 1.807) is 19.1 Å². The van der Waals surface area contributed by atoms with E-state index in [4.69, 9.17) is 4.74 Å². The molecule has 0 radical (unpaired) electrons. The highest BCUT2D eigenvalue weighted by molar-refractivity contribution is 5.97. The Labute approximate surface area is 197 Å². The number of carbonyl (C=O) groups is 1. The standard InChI is InChI=1S/C29H21FN2O2/c1-2-34-28(33)24-17-25(26(20-10-5-3-6-11-20)21-12-7-4-8-13-21)29(18-31,19-32)27(24)22-14-9-15-23(30)16-22/h3-17,27H,2H2,1H3. The fourth-order valence-electron chi connectivity index (χ4n) is 4.48. The van der Waals surface area contributed by atoms with Gasteiger partial charge in [0.25, 0.3) is 0 Å². The molecule has 0 amide bonds. The number of rotatable bonds is 5. The highest BCUT2D eigenvalue weighted by Gasteiger charge is 2.53. The summed E-state index contributed by atoms with van der Waals surface area (Å²) in [6, 6.07) is 28.8. The molecule has 0 bridgehead atoms. The smallest absolute Gasteiger partial charge is 0.334 e. The van der Waals surface area contributed by atoms with Gasteiger partial charge in [0.1, 0.15) is 5.82 Å². The third-order valence-electron chi connectivity index (χ3n) is 5.91. The second-order valence-corrected chi connectivity index (χ2v) is 7.86. The number of nitrogens with zero attached hydrogens (tertiary/aromatic N) is 2. The van der Waals surface area contributed by atoms with E-state index in [9.17, 15) is 19.7 Å². The molecule has 0 spiro atoms. The Morgan fingerprint density at radius 2 is 1.53 bits per heavy atom. The van der Waals surface area contributed by atoms with Crippen molar-refractivity contribution in [1.29, 1.82) is 10.5 Å². The van der Waals surface area contributed by atoms with E-state index in [1.807, 2.05) is 60.7 Å². The van der Waals surface area contributed by atoms with Crippen molar-refractivity contribution in [3.63, 3.8) is 0 Å². The number of allylic oxidation sites excluding steroid dienone is 2. The van der Waals surface area contributed by atoms with E-state index in [0.29, 0.717) is 16.7 Å². The number of benzene rings is 3. The molecule has 166 valence electrons. The van der Waals surface area contributed by atoms with Gasteiger partial charge >= 0.3 is 5.97 Å². The SMILES string of the molecule is CCOC(=O)C1=CC(=C(c2ccccc2)c2ccccc2)C(C#N)(C#N)C1c1cccc(F)c1. The first-order valence-corrected chi connectivity index (χ1v) is 10.9. The lowest BCUT2D eigenvalue weighted by Gasteiger charge is -2.27. The lowest BCUT2D eigenvalue weighted by Crippen LogP contribution is -2.27. The number of nitriles is 2. The molecule has 0 saturated carbocycles. The molecular formula is C29H21FN2O2. The Hall–Kier alpha value is -4.48. The topological polar surface area (TPSA) is 73.9 Å². The molecule has 0 saturated heterocycles. The van der Waals surface area contributed by atoms with E-state index in [2.05, 4.69) is 12.1 Å². The van der Waals surface area contributed by atoms with Crippen LogP contribution in [0.4, 0.5) is 4.39 Å². The summed E-state index contributed by atoms with van der Waals surface area (Å²) in [5, 5.41) is 20.9. The summed E-state index contributed by atoms with van der Waals surface area (Å²) < 4.78 is 19.5. The molecule has 1 atom stereocenters. The van der Waals surface area contributed by atoms with Gasteiger partial charge < -0.3 is 4.74 Å². The van der Waals surface area contributed by atoms with E-state index < -0.39 is 23.1 Å². The lowest BCUT2D eigenvalue weighted by molar-refractivity contribution is -0.138. The van der Waals surface area contributed by atoms with Gasteiger partial charge in [0.2, 0.25) is 0 Å². The summed E-state index contributed by atoms with van der Waals surface area (Å²) in [5.74, 6) is -2.17. The number of hydrogen-bond acceptors (Lipinski definition) is 4. The Kier molecular flexibility index (Phi) is 6.39. The van der Waals surface area contributed by atoms with Gasteiger partial charge in [0, 0.05) is 5.57 Å². The van der Waals surface area contributed by atoms with Crippen LogP contribution in [0.3, 0.4) is 0 Å². The van der Waals surface area contributed by atoms with Gasteiger partial charge in [0.05, 0.1) is 24.7 Å². The number of carbonyl (C=O) groups excluding carboxylic acids is 1. The maximum atomic E-state index is 14.2. The first-order valence-electron chi connectivity index (χ1n) is 10.9. The number of ether oxygens (including phenoxy) is 1. The molecule has 4 nitrogen and oxygen atoms in total. The Morgan fingerprint density at radius 1 is 0.941 bits per heavy atom. The quantitative estimate of drug-likeness (QED) is 0.452. The largest absolute Gasteiger partial charge is 0.463 e. The maximum Gasteiger partial charge on any atom is 0.334 e. The minimum atomic E-state index is -1.78. The summed E-state index contributed by atoms with van der Waals surface area (Å²) >= 11 is 0. The molecule has 1 unspecified atom stereocenters. The number of hydrogen-bond donors (Lipinski definition) is 0. The molecule has 4 rings (SSSR count). The highest BCUT2D eigenvalue weighted by atomic mass is 19.1. The van der Waals surface area contributed by atoms with Crippen LogP contribution in [0.1, 0.15) is 29.5 Å². The molecule has 0 heterocycles. The predicted octanol–water partition coefficient (Wildman–Crippen LogP) is 5.95. The van der Waals surface area contributed by atoms with Gasteiger partial charge in [-0.05, 0) is 53.0 Å². The second-order valence-electron chi connectivity index (χ2n) is 7.86. The maximum absolute atomic E-state index is 14.2. The number of esters is 1.